The van der Waals surface area contributed by atoms with E-state index in [0.29, 0.717) is 6.04 Å². The molecule has 4 heteroatoms. The molecule has 0 radical (unpaired) electrons. The Morgan fingerprint density at radius 1 is 0.960 bits per heavy atom. The van der Waals surface area contributed by atoms with E-state index in [1.165, 1.54) is 11.1 Å². The lowest BCUT2D eigenvalue weighted by Gasteiger charge is -2.37. The molecule has 0 bridgehead atoms. The van der Waals surface area contributed by atoms with Gasteiger partial charge in [0, 0.05) is 23.3 Å². The minimum absolute atomic E-state index is 0.177. The summed E-state index contributed by atoms with van der Waals surface area (Å²) in [5.41, 5.74) is 3.08. The molecule has 4 nitrogen and oxygen atoms in total. The molecule has 0 atom stereocenters. The van der Waals surface area contributed by atoms with E-state index < -0.39 is 5.60 Å². The minimum Gasteiger partial charge on any atom is -0.444 e. The summed E-state index contributed by atoms with van der Waals surface area (Å²) in [6.45, 7) is 5.62. The number of ether oxygens (including phenoxy) is 1. The number of hydrogen-bond acceptors (Lipinski definition) is 3. The Labute approximate surface area is 149 Å². The number of benzene rings is 2. The molecule has 2 aromatic rings. The highest BCUT2D eigenvalue weighted by Gasteiger charge is 2.31. The van der Waals surface area contributed by atoms with Gasteiger partial charge in [0.15, 0.2) is 0 Å². The van der Waals surface area contributed by atoms with Crippen LogP contribution in [-0.2, 0) is 4.74 Å². The maximum Gasteiger partial charge on any atom is 0.407 e. The van der Waals surface area contributed by atoms with Crippen LogP contribution in [0.25, 0.3) is 11.1 Å². The summed E-state index contributed by atoms with van der Waals surface area (Å²) in [6, 6.07) is 19.3. The topological polar surface area (TPSA) is 50.4 Å². The number of rotatable bonds is 4. The van der Waals surface area contributed by atoms with Gasteiger partial charge < -0.3 is 15.4 Å². The molecule has 1 amide bonds. The van der Waals surface area contributed by atoms with E-state index in [-0.39, 0.29) is 12.1 Å². The Hall–Kier alpha value is -2.49. The molecule has 3 rings (SSSR count). The van der Waals surface area contributed by atoms with E-state index >= 15 is 0 Å². The molecular weight excluding hydrogens is 312 g/mol. The van der Waals surface area contributed by atoms with Gasteiger partial charge in [-0.1, -0.05) is 48.5 Å². The Balaban J connectivity index is 1.55. The predicted octanol–water partition coefficient (Wildman–Crippen LogP) is 4.82. The Morgan fingerprint density at radius 3 is 2.28 bits per heavy atom. The van der Waals surface area contributed by atoms with Crippen LogP contribution in [0.5, 0.6) is 0 Å². The van der Waals surface area contributed by atoms with Crippen LogP contribution in [0, 0.1) is 0 Å². The molecule has 2 N–H and O–H groups in total. The minimum atomic E-state index is -0.458. The molecule has 1 aliphatic carbocycles. The lowest BCUT2D eigenvalue weighted by Crippen LogP contribution is -2.50. The van der Waals surface area contributed by atoms with Crippen molar-refractivity contribution in [1.29, 1.82) is 0 Å². The first-order valence-corrected chi connectivity index (χ1v) is 8.81. The van der Waals surface area contributed by atoms with Crippen molar-refractivity contribution in [2.75, 3.05) is 5.32 Å². The molecule has 25 heavy (non-hydrogen) atoms. The van der Waals surface area contributed by atoms with Crippen molar-refractivity contribution < 1.29 is 9.53 Å². The fraction of sp³-hybridized carbons (Fsp3) is 0.381. The number of carbonyl (C=O) groups excluding carboxylic acids is 1. The third kappa shape index (κ3) is 4.75. The smallest absolute Gasteiger partial charge is 0.407 e. The van der Waals surface area contributed by atoms with Crippen LogP contribution in [-0.4, -0.2) is 23.8 Å². The Bertz CT molecular complexity index is 716. The van der Waals surface area contributed by atoms with Crippen LogP contribution in [0.1, 0.15) is 33.6 Å². The highest BCUT2D eigenvalue weighted by Crippen LogP contribution is 2.31. The Morgan fingerprint density at radius 2 is 1.60 bits per heavy atom. The summed E-state index contributed by atoms with van der Waals surface area (Å²) in [5, 5.41) is 6.54. The first-order valence-electron chi connectivity index (χ1n) is 8.81. The van der Waals surface area contributed by atoms with E-state index in [2.05, 4.69) is 53.1 Å². The summed E-state index contributed by atoms with van der Waals surface area (Å²) in [5.74, 6) is 0. The van der Waals surface area contributed by atoms with Crippen molar-refractivity contribution in [2.24, 2.45) is 0 Å². The first-order chi connectivity index (χ1) is 11.9. The lowest BCUT2D eigenvalue weighted by molar-refractivity contribution is 0.0475. The van der Waals surface area contributed by atoms with Gasteiger partial charge in [-0.2, -0.15) is 0 Å². The molecule has 0 heterocycles. The van der Waals surface area contributed by atoms with Gasteiger partial charge in [0.25, 0.3) is 0 Å². The van der Waals surface area contributed by atoms with Gasteiger partial charge in [-0.15, -0.1) is 0 Å². The van der Waals surface area contributed by atoms with Gasteiger partial charge in [-0.25, -0.2) is 4.79 Å². The zero-order valence-electron chi connectivity index (χ0n) is 15.1. The second kappa shape index (κ2) is 7.18. The molecule has 132 valence electrons. The second-order valence-corrected chi connectivity index (χ2v) is 7.57. The molecule has 0 spiro atoms. The van der Waals surface area contributed by atoms with Crippen LogP contribution in [0.15, 0.2) is 54.6 Å². The molecule has 0 saturated heterocycles. The summed E-state index contributed by atoms with van der Waals surface area (Å²) in [4.78, 5) is 11.8. The summed E-state index contributed by atoms with van der Waals surface area (Å²) >= 11 is 0. The zero-order valence-corrected chi connectivity index (χ0v) is 15.1. The van der Waals surface area contributed by atoms with E-state index in [0.717, 1.165) is 18.5 Å². The van der Waals surface area contributed by atoms with Crippen molar-refractivity contribution in [3.63, 3.8) is 0 Å². The van der Waals surface area contributed by atoms with Gasteiger partial charge in [-0.05, 0) is 45.2 Å². The lowest BCUT2D eigenvalue weighted by atomic mass is 9.86. The third-order valence-corrected chi connectivity index (χ3v) is 4.23. The average Bonchev–Trinajstić information content (AvgIpc) is 2.52. The van der Waals surface area contributed by atoms with Gasteiger partial charge in [-0.3, -0.25) is 0 Å². The SMILES string of the molecule is CC(C)(C)OC(=O)NC1CC(Nc2ccccc2-c2ccccc2)C1. The van der Waals surface area contributed by atoms with E-state index in [4.69, 9.17) is 4.74 Å². The van der Waals surface area contributed by atoms with Crippen LogP contribution < -0.4 is 10.6 Å². The third-order valence-electron chi connectivity index (χ3n) is 4.23. The first kappa shape index (κ1) is 17.3. The number of amides is 1. The average molecular weight is 338 g/mol. The molecule has 1 fully saturated rings. The predicted molar refractivity (Wildman–Crippen MR) is 102 cm³/mol. The number of hydrogen-bond donors (Lipinski definition) is 2. The molecule has 2 aromatic carbocycles. The number of alkyl carbamates (subject to hydrolysis) is 1. The van der Waals surface area contributed by atoms with Crippen molar-refractivity contribution in [3.8, 4) is 11.1 Å². The van der Waals surface area contributed by atoms with Crippen molar-refractivity contribution >= 4 is 11.8 Å². The van der Waals surface area contributed by atoms with Crippen LogP contribution in [0.4, 0.5) is 10.5 Å². The maximum atomic E-state index is 11.8. The van der Waals surface area contributed by atoms with E-state index in [1.54, 1.807) is 0 Å². The molecule has 0 aromatic heterocycles. The van der Waals surface area contributed by atoms with Crippen LogP contribution >= 0.6 is 0 Å². The highest BCUT2D eigenvalue weighted by molar-refractivity contribution is 5.78. The fourth-order valence-electron chi connectivity index (χ4n) is 3.03. The van der Waals surface area contributed by atoms with Crippen LogP contribution in [0.2, 0.25) is 0 Å². The van der Waals surface area contributed by atoms with Crippen molar-refractivity contribution in [1.82, 2.24) is 5.32 Å². The van der Waals surface area contributed by atoms with Crippen molar-refractivity contribution in [3.05, 3.63) is 54.6 Å². The summed E-state index contributed by atoms with van der Waals surface area (Å²) in [7, 11) is 0. The van der Waals surface area contributed by atoms with Crippen LogP contribution in [0.3, 0.4) is 0 Å². The van der Waals surface area contributed by atoms with E-state index in [9.17, 15) is 4.79 Å². The normalized spacial score (nSPS) is 19.6. The molecule has 0 aliphatic heterocycles. The quantitative estimate of drug-likeness (QED) is 0.840. The van der Waals surface area contributed by atoms with Crippen molar-refractivity contribution in [2.45, 2.75) is 51.3 Å². The fourth-order valence-corrected chi connectivity index (χ4v) is 3.03. The van der Waals surface area contributed by atoms with Gasteiger partial charge >= 0.3 is 6.09 Å². The molecule has 0 unspecified atom stereocenters. The molecule has 1 saturated carbocycles. The largest absolute Gasteiger partial charge is 0.444 e. The monoisotopic (exact) mass is 338 g/mol. The van der Waals surface area contributed by atoms with Gasteiger partial charge in [0.1, 0.15) is 5.60 Å². The molecule has 1 aliphatic rings. The highest BCUT2D eigenvalue weighted by atomic mass is 16.6. The number of carbonyl (C=O) groups is 1. The summed E-state index contributed by atoms with van der Waals surface area (Å²) < 4.78 is 5.30. The number of anilines is 1. The second-order valence-electron chi connectivity index (χ2n) is 7.57. The van der Waals surface area contributed by atoms with Gasteiger partial charge in [0.2, 0.25) is 0 Å². The number of nitrogens with one attached hydrogen (secondary N) is 2. The summed E-state index contributed by atoms with van der Waals surface area (Å²) in [6.07, 6.45) is 1.48. The Kier molecular flexibility index (Phi) is 4.98. The number of para-hydroxylation sites is 1. The maximum absolute atomic E-state index is 11.8. The van der Waals surface area contributed by atoms with Gasteiger partial charge in [0.05, 0.1) is 0 Å². The standard InChI is InChI=1S/C21H26N2O2/c1-21(2,3)25-20(24)23-17-13-16(14-17)22-19-12-8-7-11-18(19)15-9-5-4-6-10-15/h4-12,16-17,22H,13-14H2,1-3H3,(H,23,24). The molecular formula is C21H26N2O2. The van der Waals surface area contributed by atoms with E-state index in [1.807, 2.05) is 32.9 Å². The zero-order chi connectivity index (χ0) is 17.9.